The molecule has 0 amide bonds. The third kappa shape index (κ3) is 4.01. The van der Waals surface area contributed by atoms with E-state index in [1.807, 2.05) is 17.8 Å². The molecule has 3 heterocycles. The van der Waals surface area contributed by atoms with Gasteiger partial charge in [-0.2, -0.15) is 0 Å². The van der Waals surface area contributed by atoms with Gasteiger partial charge >= 0.3 is 5.82 Å². The van der Waals surface area contributed by atoms with Crippen molar-refractivity contribution in [1.82, 2.24) is 34.1 Å². The number of hydrogen-bond donors (Lipinski definition) is 1. The van der Waals surface area contributed by atoms with Crippen molar-refractivity contribution in [2.24, 2.45) is 7.05 Å². The van der Waals surface area contributed by atoms with Crippen LogP contribution in [0.15, 0.2) is 24.8 Å². The first-order valence-electron chi connectivity index (χ1n) is 9.94. The average Bonchev–Trinajstić information content (AvgIpc) is 3.45. The van der Waals surface area contributed by atoms with E-state index in [2.05, 4.69) is 20.3 Å². The van der Waals surface area contributed by atoms with Crippen LogP contribution in [0.25, 0.3) is 12.2 Å². The number of nitro groups is 1. The lowest BCUT2D eigenvalue weighted by molar-refractivity contribution is -0.392. The summed E-state index contributed by atoms with van der Waals surface area (Å²) in [5, 5.41) is 30.5. The van der Waals surface area contributed by atoms with Gasteiger partial charge in [-0.15, -0.1) is 5.10 Å². The lowest BCUT2D eigenvalue weighted by atomic mass is 9.83. The second-order valence-corrected chi connectivity index (χ2v) is 7.57. The van der Waals surface area contributed by atoms with Crippen LogP contribution in [0, 0.1) is 10.1 Å². The summed E-state index contributed by atoms with van der Waals surface area (Å²) in [5.74, 6) is 1.07. The average molecular weight is 412 g/mol. The Bertz CT molecular complexity index is 1060. The first-order chi connectivity index (χ1) is 14.5. The lowest BCUT2D eigenvalue weighted by Crippen LogP contribution is -2.28. The van der Waals surface area contributed by atoms with E-state index in [0.29, 0.717) is 36.7 Å². The van der Waals surface area contributed by atoms with Crippen LogP contribution in [-0.2, 0) is 25.7 Å². The third-order valence-corrected chi connectivity index (χ3v) is 5.54. The highest BCUT2D eigenvalue weighted by molar-refractivity contribution is 5.64. The summed E-state index contributed by atoms with van der Waals surface area (Å²) in [6, 6.07) is 0. The standard InChI is InChI=1S/C19H24N8O3/c1-24-10-9-20-16(24)5-6-17-21-13-18(27(29)30)26(17)12-11-25-14-15(22-23-25)19(28)7-3-2-4-8-19/h5-6,9-10,13-14,28H,2-4,7-8,11-12H2,1H3. The molecule has 158 valence electrons. The zero-order valence-electron chi connectivity index (χ0n) is 16.8. The van der Waals surface area contributed by atoms with Crippen molar-refractivity contribution in [2.75, 3.05) is 0 Å². The largest absolute Gasteiger partial charge is 0.383 e. The Labute approximate surface area is 172 Å². The normalized spacial score (nSPS) is 16.3. The Balaban J connectivity index is 1.51. The molecule has 1 saturated carbocycles. The van der Waals surface area contributed by atoms with Gasteiger partial charge in [0.15, 0.2) is 0 Å². The van der Waals surface area contributed by atoms with E-state index < -0.39 is 10.5 Å². The number of aromatic nitrogens is 7. The van der Waals surface area contributed by atoms with E-state index in [9.17, 15) is 15.2 Å². The van der Waals surface area contributed by atoms with E-state index in [4.69, 9.17) is 0 Å². The Morgan fingerprint density at radius 2 is 1.97 bits per heavy atom. The lowest BCUT2D eigenvalue weighted by Gasteiger charge is -2.29. The molecular weight excluding hydrogens is 388 g/mol. The highest BCUT2D eigenvalue weighted by Crippen LogP contribution is 2.35. The third-order valence-electron chi connectivity index (χ3n) is 5.54. The zero-order chi connectivity index (χ0) is 21.1. The van der Waals surface area contributed by atoms with Gasteiger partial charge in [-0.05, 0) is 23.8 Å². The molecule has 4 rings (SSSR count). The molecule has 0 spiro atoms. The van der Waals surface area contributed by atoms with Crippen LogP contribution in [-0.4, -0.2) is 44.1 Å². The smallest absolute Gasteiger partial charge is 0.343 e. The molecule has 0 unspecified atom stereocenters. The zero-order valence-corrected chi connectivity index (χ0v) is 16.8. The molecule has 1 aliphatic rings. The second kappa shape index (κ2) is 8.19. The minimum atomic E-state index is -0.923. The van der Waals surface area contributed by atoms with Crippen molar-refractivity contribution in [2.45, 2.75) is 50.8 Å². The fourth-order valence-corrected chi connectivity index (χ4v) is 3.79. The number of nitrogens with zero attached hydrogens (tertiary/aromatic N) is 8. The fraction of sp³-hybridized carbons (Fsp3) is 0.474. The first-order valence-corrected chi connectivity index (χ1v) is 9.94. The highest BCUT2D eigenvalue weighted by atomic mass is 16.6. The monoisotopic (exact) mass is 412 g/mol. The Morgan fingerprint density at radius 3 is 2.67 bits per heavy atom. The van der Waals surface area contributed by atoms with Crippen molar-refractivity contribution in [3.63, 3.8) is 0 Å². The van der Waals surface area contributed by atoms with Crippen molar-refractivity contribution in [3.8, 4) is 0 Å². The summed E-state index contributed by atoms with van der Waals surface area (Å²) >= 11 is 0. The van der Waals surface area contributed by atoms with Crippen LogP contribution >= 0.6 is 0 Å². The number of imidazole rings is 2. The predicted octanol–water partition coefficient (Wildman–Crippen LogP) is 2.14. The summed E-state index contributed by atoms with van der Waals surface area (Å²) in [7, 11) is 1.87. The molecule has 1 fully saturated rings. The van der Waals surface area contributed by atoms with Gasteiger partial charge in [0.1, 0.15) is 29.9 Å². The van der Waals surface area contributed by atoms with Crippen molar-refractivity contribution >= 4 is 18.0 Å². The first kappa shape index (κ1) is 20.0. The molecule has 0 bridgehead atoms. The van der Waals surface area contributed by atoms with E-state index in [0.717, 1.165) is 19.3 Å². The molecular formula is C19H24N8O3. The van der Waals surface area contributed by atoms with Gasteiger partial charge in [-0.25, -0.2) is 19.2 Å². The summed E-state index contributed by atoms with van der Waals surface area (Å²) in [6.07, 6.45) is 14.4. The van der Waals surface area contributed by atoms with Crippen molar-refractivity contribution < 1.29 is 10.0 Å². The summed E-state index contributed by atoms with van der Waals surface area (Å²) < 4.78 is 4.97. The molecule has 0 aliphatic heterocycles. The van der Waals surface area contributed by atoms with Gasteiger partial charge in [0.05, 0.1) is 12.7 Å². The molecule has 0 radical (unpaired) electrons. The summed E-state index contributed by atoms with van der Waals surface area (Å²) in [4.78, 5) is 19.4. The van der Waals surface area contributed by atoms with Crippen LogP contribution in [0.1, 0.15) is 49.4 Å². The van der Waals surface area contributed by atoms with Crippen LogP contribution < -0.4 is 0 Å². The second-order valence-electron chi connectivity index (χ2n) is 7.57. The van der Waals surface area contributed by atoms with Crippen LogP contribution in [0.5, 0.6) is 0 Å². The van der Waals surface area contributed by atoms with Crippen LogP contribution in [0.4, 0.5) is 5.82 Å². The van der Waals surface area contributed by atoms with Crippen LogP contribution in [0.3, 0.4) is 0 Å². The van der Waals surface area contributed by atoms with Crippen LogP contribution in [0.2, 0.25) is 0 Å². The van der Waals surface area contributed by atoms with Crippen molar-refractivity contribution in [1.29, 1.82) is 0 Å². The molecule has 0 saturated heterocycles. The maximum absolute atomic E-state index is 11.4. The van der Waals surface area contributed by atoms with Gasteiger partial charge in [0.2, 0.25) is 5.82 Å². The quantitative estimate of drug-likeness (QED) is 0.465. The molecule has 0 aromatic carbocycles. The molecule has 3 aromatic rings. The number of aryl methyl sites for hydroxylation is 2. The van der Waals surface area contributed by atoms with Gasteiger partial charge in [-0.3, -0.25) is 0 Å². The van der Waals surface area contributed by atoms with E-state index in [-0.39, 0.29) is 12.4 Å². The number of hydrogen-bond acceptors (Lipinski definition) is 7. The van der Waals surface area contributed by atoms with Gasteiger partial charge in [-0.1, -0.05) is 24.5 Å². The minimum absolute atomic E-state index is 0.0965. The molecule has 3 aromatic heterocycles. The molecule has 11 heteroatoms. The molecule has 1 aliphatic carbocycles. The predicted molar refractivity (Wildman–Crippen MR) is 108 cm³/mol. The van der Waals surface area contributed by atoms with Gasteiger partial charge in [0, 0.05) is 25.5 Å². The fourth-order valence-electron chi connectivity index (χ4n) is 3.79. The number of aliphatic hydroxyl groups is 1. The minimum Gasteiger partial charge on any atom is -0.383 e. The Morgan fingerprint density at radius 1 is 1.20 bits per heavy atom. The van der Waals surface area contributed by atoms with Gasteiger partial charge < -0.3 is 19.8 Å². The maximum atomic E-state index is 11.4. The summed E-state index contributed by atoms with van der Waals surface area (Å²) in [6.45, 7) is 0.654. The van der Waals surface area contributed by atoms with E-state index >= 15 is 0 Å². The van der Waals surface area contributed by atoms with E-state index in [1.165, 1.54) is 10.8 Å². The Kier molecular flexibility index (Phi) is 5.44. The molecule has 1 N–H and O–H groups in total. The highest BCUT2D eigenvalue weighted by Gasteiger charge is 2.34. The molecule has 11 nitrogen and oxygen atoms in total. The molecule has 30 heavy (non-hydrogen) atoms. The Hall–Kier alpha value is -3.34. The number of rotatable bonds is 7. The SMILES string of the molecule is Cn1ccnc1C=Cc1ncc([N+](=O)[O-])n1CCn1cc(C2(O)CCCCC2)nn1. The van der Waals surface area contributed by atoms with E-state index in [1.54, 1.807) is 29.2 Å². The van der Waals surface area contributed by atoms with Crippen molar-refractivity contribution in [3.05, 3.63) is 52.2 Å². The topological polar surface area (TPSA) is 130 Å². The summed E-state index contributed by atoms with van der Waals surface area (Å²) in [5.41, 5.74) is -0.356. The maximum Gasteiger partial charge on any atom is 0.343 e. The van der Waals surface area contributed by atoms with Gasteiger partial charge in [0.25, 0.3) is 0 Å². The molecule has 0 atom stereocenters.